The minimum Gasteiger partial charge on any atom is -0.497 e. The van der Waals surface area contributed by atoms with Crippen molar-refractivity contribution in [3.8, 4) is 5.75 Å². The van der Waals surface area contributed by atoms with Crippen LogP contribution in [0.1, 0.15) is 43.7 Å². The van der Waals surface area contributed by atoms with E-state index in [1.807, 2.05) is 34.1 Å². The predicted molar refractivity (Wildman–Crippen MR) is 94.1 cm³/mol. The van der Waals surface area contributed by atoms with Gasteiger partial charge in [-0.25, -0.2) is 0 Å². The lowest BCUT2D eigenvalue weighted by Gasteiger charge is -2.28. The van der Waals surface area contributed by atoms with Gasteiger partial charge in [-0.05, 0) is 49.3 Å². The number of rotatable bonds is 5. The lowest BCUT2D eigenvalue weighted by Crippen LogP contribution is -2.37. The molecule has 1 aromatic rings. The highest BCUT2D eigenvalue weighted by Gasteiger charge is 2.41. The van der Waals surface area contributed by atoms with Gasteiger partial charge in [0.15, 0.2) is 0 Å². The number of hydrogen-bond acceptors (Lipinski definition) is 3. The number of carbonyl (C=O) groups is 2. The molecule has 25 heavy (non-hydrogen) atoms. The summed E-state index contributed by atoms with van der Waals surface area (Å²) in [4.78, 5) is 29.2. The number of amides is 2. The van der Waals surface area contributed by atoms with Gasteiger partial charge in [0.1, 0.15) is 5.75 Å². The Bertz CT molecular complexity index is 653. The molecule has 1 aliphatic carbocycles. The quantitative estimate of drug-likeness (QED) is 0.826. The summed E-state index contributed by atoms with van der Waals surface area (Å²) in [6.07, 6.45) is 4.86. The number of methoxy groups -OCH3 is 1. The zero-order valence-electron chi connectivity index (χ0n) is 14.8. The summed E-state index contributed by atoms with van der Waals surface area (Å²) in [5.41, 5.74) is 1.16. The first-order valence-corrected chi connectivity index (χ1v) is 9.38. The maximum Gasteiger partial charge on any atom is 0.228 e. The van der Waals surface area contributed by atoms with Crippen LogP contribution in [0, 0.1) is 11.8 Å². The molecule has 2 saturated heterocycles. The van der Waals surface area contributed by atoms with Crippen molar-refractivity contribution in [2.45, 2.75) is 38.1 Å². The van der Waals surface area contributed by atoms with E-state index in [0.29, 0.717) is 18.9 Å². The molecule has 0 radical (unpaired) electrons. The van der Waals surface area contributed by atoms with Gasteiger partial charge in [0.25, 0.3) is 0 Å². The van der Waals surface area contributed by atoms with E-state index >= 15 is 0 Å². The molecular formula is C20H26N2O3. The van der Waals surface area contributed by atoms with Crippen molar-refractivity contribution in [1.29, 1.82) is 0 Å². The van der Waals surface area contributed by atoms with Crippen LogP contribution >= 0.6 is 0 Å². The van der Waals surface area contributed by atoms with Gasteiger partial charge in [0.05, 0.1) is 19.1 Å². The summed E-state index contributed by atoms with van der Waals surface area (Å²) in [7, 11) is 1.66. The van der Waals surface area contributed by atoms with Crippen LogP contribution in [0.25, 0.3) is 0 Å². The molecule has 2 heterocycles. The zero-order chi connectivity index (χ0) is 17.4. The van der Waals surface area contributed by atoms with E-state index in [-0.39, 0.29) is 23.8 Å². The number of benzene rings is 1. The number of likely N-dealkylation sites (tertiary alicyclic amines) is 2. The minimum absolute atomic E-state index is 0.131. The fraction of sp³-hybridized carbons (Fsp3) is 0.600. The monoisotopic (exact) mass is 342 g/mol. The number of hydrogen-bond donors (Lipinski definition) is 0. The molecule has 3 aliphatic rings. The second kappa shape index (κ2) is 6.70. The molecule has 3 fully saturated rings. The molecule has 2 aliphatic heterocycles. The predicted octanol–water partition coefficient (Wildman–Crippen LogP) is 2.62. The lowest BCUT2D eigenvalue weighted by molar-refractivity contribution is -0.136. The van der Waals surface area contributed by atoms with Gasteiger partial charge in [-0.1, -0.05) is 12.1 Å². The van der Waals surface area contributed by atoms with Gasteiger partial charge in [-0.3, -0.25) is 9.59 Å². The first-order valence-electron chi connectivity index (χ1n) is 9.38. The topological polar surface area (TPSA) is 49.9 Å². The molecule has 0 aromatic heterocycles. The molecule has 5 heteroatoms. The van der Waals surface area contributed by atoms with Crippen molar-refractivity contribution in [2.24, 2.45) is 11.8 Å². The van der Waals surface area contributed by atoms with Crippen LogP contribution in [-0.4, -0.2) is 48.4 Å². The molecule has 4 rings (SSSR count). The Morgan fingerprint density at radius 2 is 1.96 bits per heavy atom. The van der Waals surface area contributed by atoms with Gasteiger partial charge >= 0.3 is 0 Å². The molecule has 1 saturated carbocycles. The molecule has 0 unspecified atom stereocenters. The summed E-state index contributed by atoms with van der Waals surface area (Å²) in [5.74, 6) is 1.66. The molecule has 2 amide bonds. The third-order valence-electron chi connectivity index (χ3n) is 5.78. The van der Waals surface area contributed by atoms with Crippen LogP contribution in [0.2, 0.25) is 0 Å². The van der Waals surface area contributed by atoms with Crippen molar-refractivity contribution >= 4 is 11.8 Å². The average Bonchev–Trinajstić information content (AvgIpc) is 3.18. The van der Waals surface area contributed by atoms with E-state index in [9.17, 15) is 9.59 Å². The number of ether oxygens (including phenoxy) is 1. The molecule has 2 atom stereocenters. The van der Waals surface area contributed by atoms with Gasteiger partial charge in [0.2, 0.25) is 11.8 Å². The van der Waals surface area contributed by atoms with Crippen LogP contribution in [0.4, 0.5) is 0 Å². The summed E-state index contributed by atoms with van der Waals surface area (Å²) in [5, 5.41) is 0. The molecule has 5 nitrogen and oxygen atoms in total. The van der Waals surface area contributed by atoms with Crippen molar-refractivity contribution in [2.75, 3.05) is 26.7 Å². The van der Waals surface area contributed by atoms with Crippen LogP contribution in [0.5, 0.6) is 5.75 Å². The van der Waals surface area contributed by atoms with E-state index in [1.165, 1.54) is 12.8 Å². The maximum atomic E-state index is 13.1. The van der Waals surface area contributed by atoms with E-state index in [4.69, 9.17) is 4.74 Å². The Morgan fingerprint density at radius 1 is 1.20 bits per heavy atom. The van der Waals surface area contributed by atoms with Crippen LogP contribution in [-0.2, 0) is 9.59 Å². The third kappa shape index (κ3) is 3.37. The normalized spacial score (nSPS) is 26.4. The fourth-order valence-corrected chi connectivity index (χ4v) is 4.16. The highest BCUT2D eigenvalue weighted by molar-refractivity contribution is 5.89. The fourth-order valence-electron chi connectivity index (χ4n) is 4.16. The van der Waals surface area contributed by atoms with Crippen molar-refractivity contribution in [3.63, 3.8) is 0 Å². The van der Waals surface area contributed by atoms with E-state index < -0.39 is 0 Å². The number of nitrogens with zero attached hydrogens (tertiary/aromatic N) is 2. The van der Waals surface area contributed by atoms with Crippen LogP contribution in [0.3, 0.4) is 0 Å². The average molecular weight is 342 g/mol. The Kier molecular flexibility index (Phi) is 4.40. The molecule has 1 aromatic carbocycles. The van der Waals surface area contributed by atoms with E-state index in [2.05, 4.69) is 0 Å². The summed E-state index contributed by atoms with van der Waals surface area (Å²) in [6.45, 7) is 2.26. The van der Waals surface area contributed by atoms with Crippen molar-refractivity contribution < 1.29 is 14.3 Å². The van der Waals surface area contributed by atoms with Gasteiger partial charge in [-0.15, -0.1) is 0 Å². The Hall–Kier alpha value is -2.04. The third-order valence-corrected chi connectivity index (χ3v) is 5.78. The zero-order valence-corrected chi connectivity index (χ0v) is 14.8. The highest BCUT2D eigenvalue weighted by Crippen LogP contribution is 2.36. The second-order valence-electron chi connectivity index (χ2n) is 7.61. The van der Waals surface area contributed by atoms with Crippen LogP contribution in [0.15, 0.2) is 24.3 Å². The molecule has 0 spiro atoms. The molecular weight excluding hydrogens is 316 g/mol. The highest BCUT2D eigenvalue weighted by atomic mass is 16.5. The lowest BCUT2D eigenvalue weighted by atomic mass is 10.0. The SMILES string of the molecule is COc1ccc([C@@H]2CCCN2C(=O)[C@@H]2CC(=O)N(CC3CC3)C2)cc1. The van der Waals surface area contributed by atoms with E-state index in [0.717, 1.165) is 37.2 Å². The van der Waals surface area contributed by atoms with Gasteiger partial charge in [-0.2, -0.15) is 0 Å². The summed E-state index contributed by atoms with van der Waals surface area (Å²) < 4.78 is 5.22. The first kappa shape index (κ1) is 16.4. The van der Waals surface area contributed by atoms with E-state index in [1.54, 1.807) is 7.11 Å². The van der Waals surface area contributed by atoms with Crippen molar-refractivity contribution in [1.82, 2.24) is 9.80 Å². The second-order valence-corrected chi connectivity index (χ2v) is 7.61. The Balaban J connectivity index is 1.44. The smallest absolute Gasteiger partial charge is 0.228 e. The summed E-state index contributed by atoms with van der Waals surface area (Å²) >= 11 is 0. The largest absolute Gasteiger partial charge is 0.497 e. The number of carbonyl (C=O) groups excluding carboxylic acids is 2. The minimum atomic E-state index is -0.162. The maximum absolute atomic E-state index is 13.1. The molecule has 0 N–H and O–H groups in total. The van der Waals surface area contributed by atoms with Gasteiger partial charge in [0, 0.05) is 26.1 Å². The summed E-state index contributed by atoms with van der Waals surface area (Å²) in [6, 6.07) is 8.13. The Labute approximate surface area is 148 Å². The van der Waals surface area contributed by atoms with Gasteiger partial charge < -0.3 is 14.5 Å². The Morgan fingerprint density at radius 3 is 2.64 bits per heavy atom. The molecule has 134 valence electrons. The van der Waals surface area contributed by atoms with Crippen LogP contribution < -0.4 is 4.74 Å². The standard InChI is InChI=1S/C20H26N2O3/c1-25-17-8-6-15(7-9-17)18-3-2-10-22(18)20(24)16-11-19(23)21(13-16)12-14-4-5-14/h6-9,14,16,18H,2-5,10-13H2,1H3/t16-,18+/m1/s1. The molecule has 0 bridgehead atoms. The first-order chi connectivity index (χ1) is 12.2. The van der Waals surface area contributed by atoms with Crippen molar-refractivity contribution in [3.05, 3.63) is 29.8 Å².